The van der Waals surface area contributed by atoms with Gasteiger partial charge in [-0.05, 0) is 6.07 Å². The van der Waals surface area contributed by atoms with Crippen LogP contribution in [0.1, 0.15) is 18.1 Å². The molecule has 1 aromatic carbocycles. The fourth-order valence-corrected chi connectivity index (χ4v) is 2.45. The Morgan fingerprint density at radius 2 is 2.18 bits per heavy atom. The van der Waals surface area contributed by atoms with Crippen LogP contribution in [0.4, 0.5) is 0 Å². The highest BCUT2D eigenvalue weighted by molar-refractivity contribution is 5.83. The molecule has 4 heteroatoms. The zero-order chi connectivity index (χ0) is 11.8. The van der Waals surface area contributed by atoms with Crippen molar-refractivity contribution in [2.45, 2.75) is 24.7 Å². The van der Waals surface area contributed by atoms with E-state index in [0.29, 0.717) is 6.42 Å². The molecular formula is C13H15NO3. The van der Waals surface area contributed by atoms with Gasteiger partial charge in [0.1, 0.15) is 6.10 Å². The van der Waals surface area contributed by atoms with E-state index in [2.05, 4.69) is 4.98 Å². The minimum Gasteiger partial charge on any atom is -0.394 e. The molecule has 0 unspecified atom stereocenters. The predicted octanol–water partition coefficient (Wildman–Crippen LogP) is 1.35. The van der Waals surface area contributed by atoms with E-state index in [4.69, 9.17) is 9.84 Å². The molecule has 0 radical (unpaired) electrons. The number of hydrogen-bond acceptors (Lipinski definition) is 3. The highest BCUT2D eigenvalue weighted by Gasteiger charge is 2.35. The SMILES string of the molecule is OC[C@H]1O[C@@H](c2c[nH]c3ccccc23)C[C@H]1O. The summed E-state index contributed by atoms with van der Waals surface area (Å²) < 4.78 is 5.66. The van der Waals surface area contributed by atoms with Crippen LogP contribution in [0.15, 0.2) is 30.5 Å². The second-order valence-corrected chi connectivity index (χ2v) is 4.44. The molecule has 1 saturated heterocycles. The Kier molecular flexibility index (Phi) is 2.63. The first-order valence-electron chi connectivity index (χ1n) is 5.80. The number of ether oxygens (including phenoxy) is 1. The molecule has 0 bridgehead atoms. The lowest BCUT2D eigenvalue weighted by Crippen LogP contribution is -2.24. The Balaban J connectivity index is 1.95. The number of H-pyrrole nitrogens is 1. The van der Waals surface area contributed by atoms with Crippen LogP contribution in [0.5, 0.6) is 0 Å². The molecular weight excluding hydrogens is 218 g/mol. The first-order chi connectivity index (χ1) is 8.29. The summed E-state index contributed by atoms with van der Waals surface area (Å²) in [7, 11) is 0. The van der Waals surface area contributed by atoms with E-state index in [1.807, 2.05) is 30.5 Å². The minimum absolute atomic E-state index is 0.139. The number of nitrogens with one attached hydrogen (secondary N) is 1. The number of rotatable bonds is 2. The zero-order valence-corrected chi connectivity index (χ0v) is 9.34. The summed E-state index contributed by atoms with van der Waals surface area (Å²) in [6.07, 6.45) is 1.26. The molecule has 0 aliphatic carbocycles. The minimum atomic E-state index is -0.585. The largest absolute Gasteiger partial charge is 0.394 e. The number of aromatic nitrogens is 1. The van der Waals surface area contributed by atoms with Crippen molar-refractivity contribution < 1.29 is 14.9 Å². The van der Waals surface area contributed by atoms with Crippen molar-refractivity contribution in [2.24, 2.45) is 0 Å². The summed E-state index contributed by atoms with van der Waals surface area (Å²) in [5.41, 5.74) is 2.11. The van der Waals surface area contributed by atoms with E-state index in [-0.39, 0.29) is 12.7 Å². The second-order valence-electron chi connectivity index (χ2n) is 4.44. The third-order valence-corrected chi connectivity index (χ3v) is 3.37. The van der Waals surface area contributed by atoms with Crippen molar-refractivity contribution in [1.29, 1.82) is 0 Å². The Morgan fingerprint density at radius 1 is 1.35 bits per heavy atom. The van der Waals surface area contributed by atoms with Gasteiger partial charge in [0.2, 0.25) is 0 Å². The average molecular weight is 233 g/mol. The van der Waals surface area contributed by atoms with Crippen LogP contribution in [0.25, 0.3) is 10.9 Å². The molecule has 4 nitrogen and oxygen atoms in total. The standard InChI is InChI=1S/C13H15NO3/c15-7-13-11(16)5-12(17-13)9-6-14-10-4-2-1-3-8(9)10/h1-4,6,11-16H,5,7H2/t11-,12-,13-/m1/s1. The number of hydrogen-bond donors (Lipinski definition) is 3. The number of aliphatic hydroxyl groups excluding tert-OH is 2. The van der Waals surface area contributed by atoms with E-state index in [9.17, 15) is 5.11 Å². The van der Waals surface area contributed by atoms with Gasteiger partial charge in [0.05, 0.1) is 18.8 Å². The lowest BCUT2D eigenvalue weighted by molar-refractivity contribution is -0.0222. The maximum Gasteiger partial charge on any atom is 0.107 e. The van der Waals surface area contributed by atoms with Crippen LogP contribution < -0.4 is 0 Å². The average Bonchev–Trinajstić information content (AvgIpc) is 2.92. The molecule has 1 aromatic heterocycles. The molecule has 17 heavy (non-hydrogen) atoms. The highest BCUT2D eigenvalue weighted by Crippen LogP contribution is 2.36. The molecule has 1 aliphatic rings. The molecule has 3 atom stereocenters. The highest BCUT2D eigenvalue weighted by atomic mass is 16.5. The Morgan fingerprint density at radius 3 is 2.94 bits per heavy atom. The van der Waals surface area contributed by atoms with E-state index >= 15 is 0 Å². The maximum absolute atomic E-state index is 9.74. The van der Waals surface area contributed by atoms with Crippen LogP contribution in [-0.2, 0) is 4.74 Å². The van der Waals surface area contributed by atoms with Gasteiger partial charge in [0.15, 0.2) is 0 Å². The molecule has 0 spiro atoms. The number of aromatic amines is 1. The normalized spacial score (nSPS) is 28.9. The van der Waals surface area contributed by atoms with Gasteiger partial charge >= 0.3 is 0 Å². The first-order valence-corrected chi connectivity index (χ1v) is 5.80. The first kappa shape index (κ1) is 10.8. The van der Waals surface area contributed by atoms with Gasteiger partial charge in [0.25, 0.3) is 0 Å². The molecule has 90 valence electrons. The van der Waals surface area contributed by atoms with Gasteiger partial charge in [0, 0.05) is 29.1 Å². The van der Waals surface area contributed by atoms with E-state index in [1.165, 1.54) is 0 Å². The van der Waals surface area contributed by atoms with Gasteiger partial charge in [-0.2, -0.15) is 0 Å². The number of fused-ring (bicyclic) bond motifs is 1. The van der Waals surface area contributed by atoms with Gasteiger partial charge in [-0.1, -0.05) is 18.2 Å². The Bertz CT molecular complexity index is 522. The Labute approximate surface area is 98.8 Å². The summed E-state index contributed by atoms with van der Waals surface area (Å²) in [6.45, 7) is -0.139. The summed E-state index contributed by atoms with van der Waals surface area (Å²) >= 11 is 0. The zero-order valence-electron chi connectivity index (χ0n) is 9.34. The fraction of sp³-hybridized carbons (Fsp3) is 0.385. The molecule has 1 aliphatic heterocycles. The predicted molar refractivity (Wildman–Crippen MR) is 63.6 cm³/mol. The summed E-state index contributed by atoms with van der Waals surface area (Å²) in [6, 6.07) is 8.00. The van der Waals surface area contributed by atoms with Crippen LogP contribution >= 0.6 is 0 Å². The lowest BCUT2D eigenvalue weighted by atomic mass is 10.0. The van der Waals surface area contributed by atoms with Crippen molar-refractivity contribution in [1.82, 2.24) is 4.98 Å². The monoisotopic (exact) mass is 233 g/mol. The molecule has 1 fully saturated rings. The maximum atomic E-state index is 9.74. The van der Waals surface area contributed by atoms with Crippen molar-refractivity contribution in [3.05, 3.63) is 36.0 Å². The van der Waals surface area contributed by atoms with Gasteiger partial charge in [-0.15, -0.1) is 0 Å². The van der Waals surface area contributed by atoms with Crippen molar-refractivity contribution in [3.63, 3.8) is 0 Å². The number of benzene rings is 1. The van der Waals surface area contributed by atoms with Crippen LogP contribution in [0.2, 0.25) is 0 Å². The topological polar surface area (TPSA) is 65.5 Å². The van der Waals surface area contributed by atoms with Gasteiger partial charge in [-0.3, -0.25) is 0 Å². The second kappa shape index (κ2) is 4.14. The molecule has 3 N–H and O–H groups in total. The van der Waals surface area contributed by atoms with E-state index in [0.717, 1.165) is 16.5 Å². The van der Waals surface area contributed by atoms with Gasteiger partial charge < -0.3 is 19.9 Å². The van der Waals surface area contributed by atoms with Crippen molar-refractivity contribution >= 4 is 10.9 Å². The van der Waals surface area contributed by atoms with Crippen molar-refractivity contribution in [3.8, 4) is 0 Å². The fourth-order valence-electron chi connectivity index (χ4n) is 2.45. The summed E-state index contributed by atoms with van der Waals surface area (Å²) in [5, 5.41) is 19.9. The third-order valence-electron chi connectivity index (χ3n) is 3.37. The van der Waals surface area contributed by atoms with E-state index < -0.39 is 12.2 Å². The van der Waals surface area contributed by atoms with Crippen LogP contribution in [0.3, 0.4) is 0 Å². The Hall–Kier alpha value is -1.36. The molecule has 2 aromatic rings. The number of para-hydroxylation sites is 1. The lowest BCUT2D eigenvalue weighted by Gasteiger charge is -2.11. The molecule has 2 heterocycles. The smallest absolute Gasteiger partial charge is 0.107 e. The van der Waals surface area contributed by atoms with Crippen LogP contribution in [-0.4, -0.2) is 34.0 Å². The molecule has 0 amide bonds. The third kappa shape index (κ3) is 1.74. The van der Waals surface area contributed by atoms with Crippen molar-refractivity contribution in [2.75, 3.05) is 6.61 Å². The van der Waals surface area contributed by atoms with Gasteiger partial charge in [-0.25, -0.2) is 0 Å². The summed E-state index contributed by atoms with van der Waals surface area (Å²) in [5.74, 6) is 0. The molecule has 0 saturated carbocycles. The van der Waals surface area contributed by atoms with E-state index in [1.54, 1.807) is 0 Å². The number of aliphatic hydroxyl groups is 2. The van der Waals surface area contributed by atoms with Crippen LogP contribution in [0, 0.1) is 0 Å². The summed E-state index contributed by atoms with van der Waals surface area (Å²) in [4.78, 5) is 3.19. The molecule has 3 rings (SSSR count). The quantitative estimate of drug-likeness (QED) is 0.733.